The number of carbonyl (C=O) groups excluding carboxylic acids is 1. The first kappa shape index (κ1) is 18.6. The molecule has 0 saturated heterocycles. The first-order valence-corrected chi connectivity index (χ1v) is 10.1. The smallest absolute Gasteiger partial charge is 0.275 e. The monoisotopic (exact) mass is 394 g/mol. The van der Waals surface area contributed by atoms with Crippen LogP contribution in [0.3, 0.4) is 0 Å². The lowest BCUT2D eigenvalue weighted by atomic mass is 10.1. The standard InChI is InChI=1S/C20H22N6OS/c1-12-18(14-7-8-14)24-17(10-21-12)19(27)23-16-6-4-5-15(9-16)13(2)28-20-25-22-11-26(20)3/h4-6,9-11,13-14H,7-8H2,1-3H3,(H,23,27)/t13-/m0/s1. The topological polar surface area (TPSA) is 85.6 Å². The molecule has 28 heavy (non-hydrogen) atoms. The minimum atomic E-state index is -0.236. The van der Waals surface area contributed by atoms with E-state index in [9.17, 15) is 4.79 Å². The van der Waals surface area contributed by atoms with E-state index < -0.39 is 0 Å². The second-order valence-electron chi connectivity index (χ2n) is 7.06. The van der Waals surface area contributed by atoms with Gasteiger partial charge >= 0.3 is 0 Å². The molecule has 2 heterocycles. The van der Waals surface area contributed by atoms with Crippen LogP contribution in [0.1, 0.15) is 58.4 Å². The van der Waals surface area contributed by atoms with Crippen LogP contribution in [-0.2, 0) is 7.05 Å². The van der Waals surface area contributed by atoms with Gasteiger partial charge in [0.1, 0.15) is 12.0 Å². The van der Waals surface area contributed by atoms with Gasteiger partial charge in [-0.2, -0.15) is 0 Å². The van der Waals surface area contributed by atoms with Crippen LogP contribution in [0.5, 0.6) is 0 Å². The van der Waals surface area contributed by atoms with Gasteiger partial charge < -0.3 is 9.88 Å². The van der Waals surface area contributed by atoms with Crippen molar-refractivity contribution >= 4 is 23.4 Å². The van der Waals surface area contributed by atoms with E-state index in [-0.39, 0.29) is 11.2 Å². The Morgan fingerprint density at radius 1 is 1.36 bits per heavy atom. The molecule has 1 N–H and O–H groups in total. The van der Waals surface area contributed by atoms with E-state index in [4.69, 9.17) is 0 Å². The maximum Gasteiger partial charge on any atom is 0.275 e. The highest BCUT2D eigenvalue weighted by molar-refractivity contribution is 7.99. The molecule has 1 aliphatic carbocycles. The van der Waals surface area contributed by atoms with Gasteiger partial charge in [0.05, 0.1) is 17.6 Å². The normalized spacial score (nSPS) is 14.7. The maximum atomic E-state index is 12.7. The summed E-state index contributed by atoms with van der Waals surface area (Å²) in [5, 5.41) is 12.0. The summed E-state index contributed by atoms with van der Waals surface area (Å²) in [7, 11) is 1.92. The van der Waals surface area contributed by atoms with E-state index in [1.165, 1.54) is 0 Å². The van der Waals surface area contributed by atoms with Crippen LogP contribution in [-0.4, -0.2) is 30.6 Å². The number of aromatic nitrogens is 5. The molecule has 7 nitrogen and oxygen atoms in total. The summed E-state index contributed by atoms with van der Waals surface area (Å²) in [4.78, 5) is 21.6. The highest BCUT2D eigenvalue weighted by Gasteiger charge is 2.28. The van der Waals surface area contributed by atoms with Crippen molar-refractivity contribution in [3.8, 4) is 0 Å². The number of thioether (sulfide) groups is 1. The average molecular weight is 395 g/mol. The molecule has 2 aromatic heterocycles. The van der Waals surface area contributed by atoms with Crippen molar-refractivity contribution in [3.63, 3.8) is 0 Å². The molecule has 1 atom stereocenters. The lowest BCUT2D eigenvalue weighted by molar-refractivity contribution is 0.102. The molecule has 0 aliphatic heterocycles. The molecule has 0 radical (unpaired) electrons. The Morgan fingerprint density at radius 3 is 2.89 bits per heavy atom. The average Bonchev–Trinajstić information content (AvgIpc) is 3.45. The van der Waals surface area contributed by atoms with Crippen molar-refractivity contribution in [1.82, 2.24) is 24.7 Å². The number of hydrogen-bond acceptors (Lipinski definition) is 6. The molecule has 8 heteroatoms. The molecular formula is C20H22N6OS. The maximum absolute atomic E-state index is 12.7. The van der Waals surface area contributed by atoms with Gasteiger partial charge in [-0.25, -0.2) is 4.98 Å². The minimum Gasteiger partial charge on any atom is -0.321 e. The number of nitrogens with one attached hydrogen (secondary N) is 1. The zero-order chi connectivity index (χ0) is 19.7. The Morgan fingerprint density at radius 2 is 2.18 bits per heavy atom. The van der Waals surface area contributed by atoms with E-state index in [2.05, 4.69) is 32.4 Å². The van der Waals surface area contributed by atoms with Gasteiger partial charge in [-0.05, 0) is 44.4 Å². The van der Waals surface area contributed by atoms with Crippen LogP contribution in [0, 0.1) is 6.92 Å². The number of aryl methyl sites for hydroxylation is 2. The summed E-state index contributed by atoms with van der Waals surface area (Å²) in [6.45, 7) is 4.05. The van der Waals surface area contributed by atoms with E-state index in [1.807, 2.05) is 42.8 Å². The zero-order valence-electron chi connectivity index (χ0n) is 16.1. The van der Waals surface area contributed by atoms with Crippen molar-refractivity contribution in [1.29, 1.82) is 0 Å². The van der Waals surface area contributed by atoms with Crippen LogP contribution in [0.25, 0.3) is 0 Å². The second-order valence-corrected chi connectivity index (χ2v) is 8.37. The predicted octanol–water partition coefficient (Wildman–Crippen LogP) is 3.90. The number of rotatable bonds is 6. The van der Waals surface area contributed by atoms with Gasteiger partial charge in [-0.3, -0.25) is 9.78 Å². The zero-order valence-corrected chi connectivity index (χ0v) is 16.9. The summed E-state index contributed by atoms with van der Waals surface area (Å²) in [6.07, 6.45) is 5.49. The third-order valence-electron chi connectivity index (χ3n) is 4.75. The first-order valence-electron chi connectivity index (χ1n) is 9.27. The first-order chi connectivity index (χ1) is 13.5. The predicted molar refractivity (Wildman–Crippen MR) is 108 cm³/mol. The van der Waals surface area contributed by atoms with Crippen LogP contribution in [0.2, 0.25) is 0 Å². The molecule has 144 valence electrons. The fourth-order valence-corrected chi connectivity index (χ4v) is 3.89. The van der Waals surface area contributed by atoms with Crippen molar-refractivity contribution in [2.45, 2.75) is 43.0 Å². The summed E-state index contributed by atoms with van der Waals surface area (Å²) < 4.78 is 1.89. The van der Waals surface area contributed by atoms with Crippen molar-refractivity contribution in [2.24, 2.45) is 7.05 Å². The molecule has 3 aromatic rings. The quantitative estimate of drug-likeness (QED) is 0.638. The molecule has 0 spiro atoms. The molecule has 0 bridgehead atoms. The Hall–Kier alpha value is -2.74. The van der Waals surface area contributed by atoms with Crippen LogP contribution in [0.15, 0.2) is 41.9 Å². The third-order valence-corrected chi connectivity index (χ3v) is 5.96. The van der Waals surface area contributed by atoms with E-state index in [0.29, 0.717) is 11.6 Å². The molecule has 1 aromatic carbocycles. The van der Waals surface area contributed by atoms with Crippen molar-refractivity contribution in [2.75, 3.05) is 5.32 Å². The number of nitrogens with zero attached hydrogens (tertiary/aromatic N) is 5. The highest BCUT2D eigenvalue weighted by atomic mass is 32.2. The molecule has 4 rings (SSSR count). The summed E-state index contributed by atoms with van der Waals surface area (Å²) in [5.74, 6) is 0.224. The Balaban J connectivity index is 1.48. The van der Waals surface area contributed by atoms with Gasteiger partial charge in [0.2, 0.25) is 0 Å². The fourth-order valence-electron chi connectivity index (χ4n) is 2.99. The van der Waals surface area contributed by atoms with Crippen molar-refractivity contribution < 1.29 is 4.79 Å². The van der Waals surface area contributed by atoms with E-state index in [1.54, 1.807) is 24.3 Å². The van der Waals surface area contributed by atoms with E-state index >= 15 is 0 Å². The van der Waals surface area contributed by atoms with Crippen LogP contribution < -0.4 is 5.32 Å². The third kappa shape index (κ3) is 4.06. The largest absolute Gasteiger partial charge is 0.321 e. The van der Waals surface area contributed by atoms with Gasteiger partial charge in [0, 0.05) is 23.9 Å². The van der Waals surface area contributed by atoms with Crippen LogP contribution >= 0.6 is 11.8 Å². The summed E-state index contributed by atoms with van der Waals surface area (Å²) in [5.41, 5.74) is 4.06. The fraction of sp³-hybridized carbons (Fsp3) is 0.350. The lowest BCUT2D eigenvalue weighted by Crippen LogP contribution is -2.15. The Bertz CT molecular complexity index is 1010. The number of carbonyl (C=O) groups is 1. The van der Waals surface area contributed by atoms with Gasteiger partial charge in [0.25, 0.3) is 5.91 Å². The van der Waals surface area contributed by atoms with Gasteiger partial charge in [-0.15, -0.1) is 10.2 Å². The number of amides is 1. The molecule has 1 saturated carbocycles. The van der Waals surface area contributed by atoms with Crippen molar-refractivity contribution in [3.05, 3.63) is 59.4 Å². The minimum absolute atomic E-state index is 0.167. The molecule has 1 fully saturated rings. The Labute approximate surface area is 168 Å². The second kappa shape index (κ2) is 7.71. The molecule has 1 amide bonds. The number of anilines is 1. The number of hydrogen-bond donors (Lipinski definition) is 1. The van der Waals surface area contributed by atoms with Gasteiger partial charge in [0.15, 0.2) is 5.16 Å². The molecule has 1 aliphatic rings. The van der Waals surface area contributed by atoms with Crippen LogP contribution in [0.4, 0.5) is 5.69 Å². The Kier molecular flexibility index (Phi) is 5.13. The SMILES string of the molecule is Cc1ncc(C(=O)Nc2cccc([C@H](C)Sc3nncn3C)c2)nc1C1CC1. The highest BCUT2D eigenvalue weighted by Crippen LogP contribution is 2.40. The molecular weight excluding hydrogens is 372 g/mol. The number of benzene rings is 1. The molecule has 0 unspecified atom stereocenters. The summed E-state index contributed by atoms with van der Waals surface area (Å²) in [6, 6.07) is 7.84. The summed E-state index contributed by atoms with van der Waals surface area (Å²) >= 11 is 1.62. The van der Waals surface area contributed by atoms with E-state index in [0.717, 1.165) is 40.6 Å². The lowest BCUT2D eigenvalue weighted by Gasteiger charge is -2.13. The van der Waals surface area contributed by atoms with Gasteiger partial charge in [-0.1, -0.05) is 23.9 Å².